The highest BCUT2D eigenvalue weighted by atomic mass is 16.5. The van der Waals surface area contributed by atoms with Gasteiger partial charge in [0.25, 0.3) is 5.56 Å². The van der Waals surface area contributed by atoms with Crippen LogP contribution in [0.5, 0.6) is 0 Å². The maximum Gasteiger partial charge on any atom is 0.327 e. The van der Waals surface area contributed by atoms with Gasteiger partial charge in [-0.25, -0.2) is 4.79 Å². The molecular weight excluding hydrogens is 360 g/mol. The number of aryl methyl sites for hydroxylation is 1. The number of nitrogens with one attached hydrogen (secondary N) is 3. The highest BCUT2D eigenvalue weighted by Crippen LogP contribution is 2.18. The molecule has 0 spiro atoms. The number of esters is 1. The van der Waals surface area contributed by atoms with E-state index in [1.54, 1.807) is 25.1 Å². The van der Waals surface area contributed by atoms with Gasteiger partial charge in [-0.1, -0.05) is 25.1 Å². The van der Waals surface area contributed by atoms with Crippen LogP contribution in [0.15, 0.2) is 47.3 Å². The number of fused-ring (bicyclic) bond motifs is 1. The van der Waals surface area contributed by atoms with Crippen LogP contribution in [0, 0.1) is 0 Å². The Kier molecular flexibility index (Phi) is 5.78. The summed E-state index contributed by atoms with van der Waals surface area (Å²) in [4.78, 5) is 36.2. The molecule has 0 atom stereocenters. The zero-order chi connectivity index (χ0) is 20.1. The molecule has 8 heteroatoms. The summed E-state index contributed by atoms with van der Waals surface area (Å²) in [6.07, 6.45) is 0.797. The van der Waals surface area contributed by atoms with E-state index in [0.29, 0.717) is 16.6 Å². The van der Waals surface area contributed by atoms with Gasteiger partial charge < -0.3 is 15.4 Å². The van der Waals surface area contributed by atoms with E-state index in [-0.39, 0.29) is 18.7 Å². The number of rotatable bonds is 6. The molecule has 3 aromatic rings. The van der Waals surface area contributed by atoms with Gasteiger partial charge in [-0.05, 0) is 43.2 Å². The molecule has 2 aromatic carbocycles. The van der Waals surface area contributed by atoms with E-state index in [0.717, 1.165) is 17.7 Å². The quantitative estimate of drug-likeness (QED) is 0.570. The molecule has 0 aliphatic carbocycles. The summed E-state index contributed by atoms with van der Waals surface area (Å²) < 4.78 is 6.34. The Balaban J connectivity index is 1.77. The number of carbonyl (C=O) groups excluding carboxylic acids is 2. The van der Waals surface area contributed by atoms with Crippen molar-refractivity contribution >= 4 is 34.3 Å². The van der Waals surface area contributed by atoms with Gasteiger partial charge in [0.15, 0.2) is 0 Å². The fourth-order valence-electron chi connectivity index (χ4n) is 2.97. The van der Waals surface area contributed by atoms with Crippen LogP contribution in [0.3, 0.4) is 0 Å². The standard InChI is InChI=1S/C20H22N4O4/c1-3-13-7-5-6-8-16(13)22-20(27)21-14-9-10-17-15(11-14)19(26)23-24(17)12-18(25)28-4-2/h5-11H,3-4,12H2,1-2H3,(H,23,26)(H2,21,22,27). The molecule has 0 unspecified atom stereocenters. The molecule has 0 saturated carbocycles. The highest BCUT2D eigenvalue weighted by molar-refractivity contribution is 6.01. The van der Waals surface area contributed by atoms with E-state index >= 15 is 0 Å². The van der Waals surface area contributed by atoms with Crippen molar-refractivity contribution in [2.45, 2.75) is 26.8 Å². The van der Waals surface area contributed by atoms with Crippen LogP contribution >= 0.6 is 0 Å². The first kappa shape index (κ1) is 19.2. The predicted molar refractivity (Wildman–Crippen MR) is 108 cm³/mol. The molecule has 0 aliphatic rings. The third-order valence-corrected chi connectivity index (χ3v) is 4.27. The lowest BCUT2D eigenvalue weighted by atomic mass is 10.1. The number of benzene rings is 2. The Morgan fingerprint density at radius 3 is 2.64 bits per heavy atom. The second-order valence-electron chi connectivity index (χ2n) is 6.15. The number of amides is 2. The number of carbonyl (C=O) groups is 2. The molecule has 28 heavy (non-hydrogen) atoms. The summed E-state index contributed by atoms with van der Waals surface area (Å²) in [5, 5.41) is 8.52. The maximum absolute atomic E-state index is 12.3. The van der Waals surface area contributed by atoms with Crippen LogP contribution in [0.4, 0.5) is 16.2 Å². The first-order valence-corrected chi connectivity index (χ1v) is 9.06. The van der Waals surface area contributed by atoms with Crippen LogP contribution < -0.4 is 16.2 Å². The number of hydrogen-bond acceptors (Lipinski definition) is 4. The monoisotopic (exact) mass is 382 g/mol. The van der Waals surface area contributed by atoms with E-state index in [4.69, 9.17) is 4.74 Å². The molecule has 0 bridgehead atoms. The third kappa shape index (κ3) is 4.22. The van der Waals surface area contributed by atoms with Gasteiger partial charge in [0.1, 0.15) is 6.54 Å². The van der Waals surface area contributed by atoms with Crippen molar-refractivity contribution in [1.29, 1.82) is 0 Å². The first-order valence-electron chi connectivity index (χ1n) is 9.06. The summed E-state index contributed by atoms with van der Waals surface area (Å²) in [5.41, 5.74) is 2.45. The molecule has 8 nitrogen and oxygen atoms in total. The predicted octanol–water partition coefficient (Wildman–Crippen LogP) is 3.10. The number of aromatic amines is 1. The van der Waals surface area contributed by atoms with Crippen molar-refractivity contribution in [3.05, 3.63) is 58.4 Å². The van der Waals surface area contributed by atoms with Gasteiger partial charge in [0.05, 0.1) is 17.5 Å². The minimum Gasteiger partial charge on any atom is -0.465 e. The number of nitrogens with zero attached hydrogens (tertiary/aromatic N) is 1. The van der Waals surface area contributed by atoms with Gasteiger partial charge in [0.2, 0.25) is 0 Å². The fraction of sp³-hybridized carbons (Fsp3) is 0.250. The Labute approximate surface area is 161 Å². The lowest BCUT2D eigenvalue weighted by Crippen LogP contribution is -2.20. The molecule has 0 aliphatic heterocycles. The van der Waals surface area contributed by atoms with Gasteiger partial charge in [0, 0.05) is 11.4 Å². The number of urea groups is 1. The van der Waals surface area contributed by atoms with Crippen molar-refractivity contribution in [2.75, 3.05) is 17.2 Å². The first-order chi connectivity index (χ1) is 13.5. The van der Waals surface area contributed by atoms with Crippen molar-refractivity contribution in [2.24, 2.45) is 0 Å². The van der Waals surface area contributed by atoms with Gasteiger partial charge in [-0.15, -0.1) is 0 Å². The number of hydrogen-bond donors (Lipinski definition) is 3. The Morgan fingerprint density at radius 2 is 1.89 bits per heavy atom. The molecule has 3 rings (SSSR count). The number of para-hydroxylation sites is 1. The average Bonchev–Trinajstić information content (AvgIpc) is 2.97. The highest BCUT2D eigenvalue weighted by Gasteiger charge is 2.12. The van der Waals surface area contributed by atoms with Crippen LogP contribution in [-0.4, -0.2) is 28.4 Å². The molecule has 0 saturated heterocycles. The Bertz CT molecular complexity index is 1070. The second-order valence-corrected chi connectivity index (χ2v) is 6.15. The molecule has 2 amide bonds. The summed E-state index contributed by atoms with van der Waals surface area (Å²) in [6.45, 7) is 3.91. The summed E-state index contributed by atoms with van der Waals surface area (Å²) >= 11 is 0. The SMILES string of the molecule is CCOC(=O)Cn1[nH]c(=O)c2cc(NC(=O)Nc3ccccc3CC)ccc21. The molecule has 1 heterocycles. The summed E-state index contributed by atoms with van der Waals surface area (Å²) in [6, 6.07) is 12.1. The van der Waals surface area contributed by atoms with Crippen molar-refractivity contribution < 1.29 is 14.3 Å². The van der Waals surface area contributed by atoms with Crippen molar-refractivity contribution in [1.82, 2.24) is 9.78 Å². The minimum atomic E-state index is -0.438. The van der Waals surface area contributed by atoms with Crippen LogP contribution in [0.2, 0.25) is 0 Å². The molecule has 1 aromatic heterocycles. The van der Waals surface area contributed by atoms with E-state index in [9.17, 15) is 14.4 Å². The number of H-pyrrole nitrogens is 1. The molecule has 0 fully saturated rings. The van der Waals surface area contributed by atoms with Gasteiger partial charge in [-0.2, -0.15) is 0 Å². The molecular formula is C20H22N4O4. The van der Waals surface area contributed by atoms with Crippen LogP contribution in [-0.2, 0) is 22.5 Å². The lowest BCUT2D eigenvalue weighted by molar-refractivity contribution is -0.143. The van der Waals surface area contributed by atoms with E-state index < -0.39 is 12.0 Å². The van der Waals surface area contributed by atoms with Crippen molar-refractivity contribution in [3.8, 4) is 0 Å². The van der Waals surface area contributed by atoms with Crippen LogP contribution in [0.1, 0.15) is 19.4 Å². The Hall–Kier alpha value is -3.55. The normalized spacial score (nSPS) is 10.6. The zero-order valence-corrected chi connectivity index (χ0v) is 15.7. The number of ether oxygens (including phenoxy) is 1. The number of anilines is 2. The third-order valence-electron chi connectivity index (χ3n) is 4.27. The van der Waals surface area contributed by atoms with E-state index in [2.05, 4.69) is 15.7 Å². The van der Waals surface area contributed by atoms with Crippen molar-refractivity contribution in [3.63, 3.8) is 0 Å². The molecule has 146 valence electrons. The van der Waals surface area contributed by atoms with E-state index in [1.807, 2.05) is 31.2 Å². The number of aromatic nitrogens is 2. The fourth-order valence-corrected chi connectivity index (χ4v) is 2.97. The second kappa shape index (κ2) is 8.43. The molecule has 3 N–H and O–H groups in total. The minimum absolute atomic E-state index is 0.0896. The smallest absolute Gasteiger partial charge is 0.327 e. The molecule has 0 radical (unpaired) electrons. The van der Waals surface area contributed by atoms with Crippen LogP contribution in [0.25, 0.3) is 10.9 Å². The zero-order valence-electron chi connectivity index (χ0n) is 15.7. The Morgan fingerprint density at radius 1 is 1.11 bits per heavy atom. The summed E-state index contributed by atoms with van der Waals surface area (Å²) in [7, 11) is 0. The largest absolute Gasteiger partial charge is 0.465 e. The average molecular weight is 382 g/mol. The van der Waals surface area contributed by atoms with Gasteiger partial charge in [-0.3, -0.25) is 19.4 Å². The summed E-state index contributed by atoms with van der Waals surface area (Å²) in [5.74, 6) is -0.438. The maximum atomic E-state index is 12.3. The van der Waals surface area contributed by atoms with Gasteiger partial charge >= 0.3 is 12.0 Å². The lowest BCUT2D eigenvalue weighted by Gasteiger charge is -2.11. The van der Waals surface area contributed by atoms with E-state index in [1.165, 1.54) is 4.68 Å². The topological polar surface area (TPSA) is 105 Å².